The first-order chi connectivity index (χ1) is 15.7. The van der Waals surface area contributed by atoms with Gasteiger partial charge in [-0.15, -0.1) is 0 Å². The van der Waals surface area contributed by atoms with Gasteiger partial charge in [-0.2, -0.15) is 0 Å². The van der Waals surface area contributed by atoms with Crippen LogP contribution in [0.3, 0.4) is 0 Å². The number of aliphatic carboxylic acids is 1. The van der Waals surface area contributed by atoms with Gasteiger partial charge in [0.25, 0.3) is 0 Å². The van der Waals surface area contributed by atoms with Crippen molar-refractivity contribution in [2.75, 3.05) is 13.2 Å². The van der Waals surface area contributed by atoms with Crippen LogP contribution in [-0.4, -0.2) is 53.2 Å². The summed E-state index contributed by atoms with van der Waals surface area (Å²) >= 11 is 0. The van der Waals surface area contributed by atoms with Crippen LogP contribution >= 0.6 is 0 Å². The second-order valence-corrected chi connectivity index (χ2v) is 8.81. The molecule has 0 aliphatic heterocycles. The van der Waals surface area contributed by atoms with Crippen molar-refractivity contribution in [3.63, 3.8) is 0 Å². The van der Waals surface area contributed by atoms with Crippen molar-refractivity contribution < 1.29 is 24.2 Å². The average Bonchev–Trinajstić information content (AvgIpc) is 3.12. The molecule has 2 aromatic carbocycles. The molecule has 1 aliphatic rings. The predicted molar refractivity (Wildman–Crippen MR) is 126 cm³/mol. The number of hydrogen-bond donors (Lipinski definition) is 2. The molecule has 0 fully saturated rings. The lowest BCUT2D eigenvalue weighted by Gasteiger charge is -2.32. The summed E-state index contributed by atoms with van der Waals surface area (Å²) < 4.78 is 5.58. The Balaban J connectivity index is 1.71. The van der Waals surface area contributed by atoms with E-state index in [1.165, 1.54) is 4.90 Å². The van der Waals surface area contributed by atoms with Crippen molar-refractivity contribution in [1.82, 2.24) is 10.2 Å². The summed E-state index contributed by atoms with van der Waals surface area (Å²) in [6.45, 7) is 7.03. The van der Waals surface area contributed by atoms with Gasteiger partial charge in [-0.05, 0) is 41.5 Å². The number of hydrogen-bond acceptors (Lipinski definition) is 4. The van der Waals surface area contributed by atoms with Crippen LogP contribution < -0.4 is 5.32 Å². The predicted octanol–water partition coefficient (Wildman–Crippen LogP) is 4.26. The first kappa shape index (κ1) is 24.3. The van der Waals surface area contributed by atoms with E-state index in [9.17, 15) is 19.5 Å². The molecule has 0 heterocycles. The molecule has 0 bridgehead atoms. The van der Waals surface area contributed by atoms with Gasteiger partial charge in [0.1, 0.15) is 19.2 Å². The van der Waals surface area contributed by atoms with Crippen LogP contribution in [0.15, 0.2) is 48.5 Å². The van der Waals surface area contributed by atoms with Gasteiger partial charge in [0.15, 0.2) is 0 Å². The summed E-state index contributed by atoms with van der Waals surface area (Å²) in [7, 11) is 0. The summed E-state index contributed by atoms with van der Waals surface area (Å²) in [4.78, 5) is 38.4. The molecule has 2 unspecified atom stereocenters. The molecule has 2 amide bonds. The lowest BCUT2D eigenvalue weighted by Crippen LogP contribution is -2.54. The first-order valence-corrected chi connectivity index (χ1v) is 11.4. The molecule has 33 heavy (non-hydrogen) atoms. The van der Waals surface area contributed by atoms with Crippen molar-refractivity contribution in [1.29, 1.82) is 0 Å². The minimum Gasteiger partial charge on any atom is -0.480 e. The number of carbonyl (C=O) groups is 3. The van der Waals surface area contributed by atoms with Gasteiger partial charge in [-0.25, -0.2) is 4.79 Å². The lowest BCUT2D eigenvalue weighted by atomic mass is 9.98. The number of fused-ring (bicyclic) bond motifs is 3. The van der Waals surface area contributed by atoms with Crippen LogP contribution in [0, 0.1) is 5.92 Å². The van der Waals surface area contributed by atoms with Crippen LogP contribution in [0.1, 0.15) is 51.2 Å². The monoisotopic (exact) mass is 452 g/mol. The Kier molecular flexibility index (Phi) is 7.74. The first-order valence-electron chi connectivity index (χ1n) is 11.4. The Morgan fingerprint density at radius 1 is 1.00 bits per heavy atom. The van der Waals surface area contributed by atoms with Crippen molar-refractivity contribution >= 4 is 18.0 Å². The molecule has 2 aromatic rings. The van der Waals surface area contributed by atoms with E-state index in [1.807, 2.05) is 57.2 Å². The minimum atomic E-state index is -1.09. The largest absolute Gasteiger partial charge is 0.480 e. The Morgan fingerprint density at radius 2 is 1.55 bits per heavy atom. The van der Waals surface area contributed by atoms with Gasteiger partial charge in [0, 0.05) is 12.0 Å². The zero-order valence-electron chi connectivity index (χ0n) is 19.6. The number of amides is 2. The van der Waals surface area contributed by atoms with Gasteiger partial charge in [0.05, 0.1) is 0 Å². The maximum atomic E-state index is 13.1. The summed E-state index contributed by atoms with van der Waals surface area (Å²) in [6, 6.07) is 15.0. The number of benzene rings is 2. The Morgan fingerprint density at radius 3 is 2.03 bits per heavy atom. The van der Waals surface area contributed by atoms with E-state index in [4.69, 9.17) is 4.74 Å². The summed E-state index contributed by atoms with van der Waals surface area (Å²) in [5.41, 5.74) is 4.48. The van der Waals surface area contributed by atoms with Crippen LogP contribution in [-0.2, 0) is 14.3 Å². The zero-order chi connectivity index (χ0) is 24.1. The molecule has 0 saturated heterocycles. The SMILES string of the molecule is CCC(C)N(CC(=O)O)C(=O)C(NC(=O)OCC1c2ccccc2-c2ccccc21)C(C)C. The molecule has 3 rings (SSSR count). The maximum Gasteiger partial charge on any atom is 0.407 e. The van der Waals surface area contributed by atoms with Crippen molar-refractivity contribution in [3.05, 3.63) is 59.7 Å². The molecule has 2 N–H and O–H groups in total. The molecule has 7 nitrogen and oxygen atoms in total. The second kappa shape index (κ2) is 10.5. The highest BCUT2D eigenvalue weighted by molar-refractivity contribution is 5.88. The van der Waals surface area contributed by atoms with Gasteiger partial charge < -0.3 is 20.1 Å². The van der Waals surface area contributed by atoms with Gasteiger partial charge in [-0.1, -0.05) is 69.3 Å². The fourth-order valence-corrected chi connectivity index (χ4v) is 4.28. The second-order valence-electron chi connectivity index (χ2n) is 8.81. The molecule has 0 radical (unpaired) electrons. The number of rotatable bonds is 9. The number of carbonyl (C=O) groups excluding carboxylic acids is 2. The Hall–Kier alpha value is -3.35. The van der Waals surface area contributed by atoms with Crippen LogP contribution in [0.25, 0.3) is 11.1 Å². The smallest absolute Gasteiger partial charge is 0.407 e. The number of alkyl carbamates (subject to hydrolysis) is 1. The highest BCUT2D eigenvalue weighted by Gasteiger charge is 2.33. The summed E-state index contributed by atoms with van der Waals surface area (Å²) in [6.07, 6.45) is -0.0854. The van der Waals surface area contributed by atoms with Crippen molar-refractivity contribution in [2.45, 2.75) is 52.1 Å². The molecular weight excluding hydrogens is 420 g/mol. The normalized spacial score (nSPS) is 14.2. The maximum absolute atomic E-state index is 13.1. The fourth-order valence-electron chi connectivity index (χ4n) is 4.28. The molecule has 2 atom stereocenters. The summed E-state index contributed by atoms with van der Waals surface area (Å²) in [5, 5.41) is 11.9. The van der Waals surface area contributed by atoms with Crippen molar-refractivity contribution in [3.8, 4) is 11.1 Å². The van der Waals surface area contributed by atoms with E-state index in [2.05, 4.69) is 17.4 Å². The molecule has 176 valence electrons. The van der Waals surface area contributed by atoms with E-state index in [-0.39, 0.29) is 24.5 Å². The molecular formula is C26H32N2O5. The number of carboxylic acid groups (broad SMARTS) is 1. The number of nitrogens with zero attached hydrogens (tertiary/aromatic N) is 1. The van der Waals surface area contributed by atoms with E-state index < -0.39 is 30.6 Å². The zero-order valence-corrected chi connectivity index (χ0v) is 19.6. The van der Waals surface area contributed by atoms with Crippen LogP contribution in [0.5, 0.6) is 0 Å². The number of nitrogens with one attached hydrogen (secondary N) is 1. The number of ether oxygens (including phenoxy) is 1. The van der Waals surface area contributed by atoms with E-state index in [0.717, 1.165) is 22.3 Å². The minimum absolute atomic E-state index is 0.0834. The Bertz CT molecular complexity index is 974. The highest BCUT2D eigenvalue weighted by Crippen LogP contribution is 2.44. The Labute approximate surface area is 194 Å². The average molecular weight is 453 g/mol. The molecule has 7 heteroatoms. The number of carboxylic acids is 1. The van der Waals surface area contributed by atoms with Crippen LogP contribution in [0.2, 0.25) is 0 Å². The van der Waals surface area contributed by atoms with Gasteiger partial charge in [-0.3, -0.25) is 9.59 Å². The standard InChI is InChI=1S/C26H32N2O5/c1-5-17(4)28(14-23(29)30)25(31)24(16(2)3)27-26(32)33-15-22-20-12-8-6-10-18(20)19-11-7-9-13-21(19)22/h6-13,16-17,22,24H,5,14-15H2,1-4H3,(H,27,32)(H,29,30). The van der Waals surface area contributed by atoms with Gasteiger partial charge >= 0.3 is 12.1 Å². The fraction of sp³-hybridized carbons (Fsp3) is 0.423. The summed E-state index contributed by atoms with van der Waals surface area (Å²) in [5.74, 6) is -1.83. The van der Waals surface area contributed by atoms with Crippen LogP contribution in [0.4, 0.5) is 4.79 Å². The van der Waals surface area contributed by atoms with E-state index in [0.29, 0.717) is 6.42 Å². The third kappa shape index (κ3) is 5.35. The lowest BCUT2D eigenvalue weighted by molar-refractivity contribution is -0.147. The third-order valence-corrected chi connectivity index (χ3v) is 6.26. The topological polar surface area (TPSA) is 95.9 Å². The van der Waals surface area contributed by atoms with Gasteiger partial charge in [0.2, 0.25) is 5.91 Å². The third-order valence-electron chi connectivity index (χ3n) is 6.26. The van der Waals surface area contributed by atoms with E-state index >= 15 is 0 Å². The quantitative estimate of drug-likeness (QED) is 0.593. The van der Waals surface area contributed by atoms with E-state index in [1.54, 1.807) is 6.92 Å². The highest BCUT2D eigenvalue weighted by atomic mass is 16.5. The molecule has 1 aliphatic carbocycles. The molecule has 0 aromatic heterocycles. The molecule has 0 spiro atoms. The molecule has 0 saturated carbocycles. The van der Waals surface area contributed by atoms with Crippen molar-refractivity contribution in [2.24, 2.45) is 5.92 Å².